The maximum Gasteiger partial charge on any atom is 0.118 e. The van der Waals surface area contributed by atoms with Crippen LogP contribution in [0.1, 0.15) is 12.0 Å². The van der Waals surface area contributed by atoms with Crippen LogP contribution in [0.3, 0.4) is 0 Å². The number of aliphatic hydroxyl groups is 1. The maximum absolute atomic E-state index is 9.25. The standard InChI is InChI=1S/C17H26N2O2/c1-3-9-19-11-10-18(14-16(19)8-12-20)13-15-4-6-17(21-2)7-5-15/h3-7,16,20H,1,8-14H2,2H3/t16-/m0/s1. The summed E-state index contributed by atoms with van der Waals surface area (Å²) in [6.45, 7) is 9.02. The van der Waals surface area contributed by atoms with Crippen LogP contribution in [-0.2, 0) is 6.54 Å². The van der Waals surface area contributed by atoms with Gasteiger partial charge in [0.15, 0.2) is 0 Å². The Morgan fingerprint density at radius 1 is 1.33 bits per heavy atom. The quantitative estimate of drug-likeness (QED) is 0.776. The van der Waals surface area contributed by atoms with Gasteiger partial charge in [-0.3, -0.25) is 9.80 Å². The Morgan fingerprint density at radius 3 is 2.71 bits per heavy atom. The van der Waals surface area contributed by atoms with Gasteiger partial charge >= 0.3 is 0 Å². The van der Waals surface area contributed by atoms with Crippen LogP contribution < -0.4 is 4.74 Å². The third-order valence-corrected chi connectivity index (χ3v) is 4.08. The summed E-state index contributed by atoms with van der Waals surface area (Å²) in [5.74, 6) is 0.896. The topological polar surface area (TPSA) is 35.9 Å². The highest BCUT2D eigenvalue weighted by molar-refractivity contribution is 5.27. The summed E-state index contributed by atoms with van der Waals surface area (Å²) in [6.07, 6.45) is 2.77. The molecule has 1 aliphatic heterocycles. The fourth-order valence-corrected chi connectivity index (χ4v) is 2.92. The summed E-state index contributed by atoms with van der Waals surface area (Å²) in [5.41, 5.74) is 1.30. The summed E-state index contributed by atoms with van der Waals surface area (Å²) < 4.78 is 5.19. The van der Waals surface area contributed by atoms with Gasteiger partial charge in [0.2, 0.25) is 0 Å². The van der Waals surface area contributed by atoms with Crippen molar-refractivity contribution in [2.45, 2.75) is 19.0 Å². The Labute approximate surface area is 127 Å². The zero-order valence-electron chi connectivity index (χ0n) is 12.9. The highest BCUT2D eigenvalue weighted by Gasteiger charge is 2.25. The zero-order chi connectivity index (χ0) is 15.1. The Bertz CT molecular complexity index is 433. The van der Waals surface area contributed by atoms with Gasteiger partial charge in [-0.15, -0.1) is 6.58 Å². The smallest absolute Gasteiger partial charge is 0.118 e. The van der Waals surface area contributed by atoms with Gasteiger partial charge in [-0.05, 0) is 24.1 Å². The van der Waals surface area contributed by atoms with Crippen LogP contribution in [0.25, 0.3) is 0 Å². The molecular weight excluding hydrogens is 264 g/mol. The molecule has 0 radical (unpaired) electrons. The summed E-state index contributed by atoms with van der Waals surface area (Å²) in [6, 6.07) is 8.68. The van der Waals surface area contributed by atoms with E-state index in [0.717, 1.165) is 44.9 Å². The van der Waals surface area contributed by atoms with Crippen molar-refractivity contribution in [3.63, 3.8) is 0 Å². The molecule has 0 unspecified atom stereocenters. The minimum Gasteiger partial charge on any atom is -0.497 e. The number of piperazine rings is 1. The number of hydrogen-bond donors (Lipinski definition) is 1. The molecule has 4 nitrogen and oxygen atoms in total. The lowest BCUT2D eigenvalue weighted by Gasteiger charge is -2.41. The molecule has 0 aromatic heterocycles. The molecule has 1 aromatic carbocycles. The van der Waals surface area contributed by atoms with E-state index in [1.54, 1.807) is 7.11 Å². The first kappa shape index (κ1) is 16.0. The summed E-state index contributed by atoms with van der Waals surface area (Å²) in [7, 11) is 1.69. The molecule has 1 atom stereocenters. The first-order chi connectivity index (χ1) is 10.3. The van der Waals surface area contributed by atoms with E-state index in [4.69, 9.17) is 4.74 Å². The molecule has 1 aromatic rings. The number of hydrogen-bond acceptors (Lipinski definition) is 4. The molecule has 21 heavy (non-hydrogen) atoms. The van der Waals surface area contributed by atoms with E-state index in [-0.39, 0.29) is 6.61 Å². The molecule has 0 amide bonds. The average Bonchev–Trinajstić information content (AvgIpc) is 2.51. The number of methoxy groups -OCH3 is 1. The number of aliphatic hydroxyl groups excluding tert-OH is 1. The van der Waals surface area contributed by atoms with Gasteiger partial charge in [-0.2, -0.15) is 0 Å². The SMILES string of the molecule is C=CCN1CCN(Cc2ccc(OC)cc2)C[C@@H]1CCO. The first-order valence-corrected chi connectivity index (χ1v) is 7.58. The second-order valence-electron chi connectivity index (χ2n) is 5.53. The third-order valence-electron chi connectivity index (χ3n) is 4.08. The normalized spacial score (nSPS) is 20.4. The van der Waals surface area contributed by atoms with Crippen LogP contribution >= 0.6 is 0 Å². The molecule has 0 aliphatic carbocycles. The van der Waals surface area contributed by atoms with Crippen LogP contribution in [0.5, 0.6) is 5.75 Å². The molecule has 1 fully saturated rings. The van der Waals surface area contributed by atoms with Gasteiger partial charge in [0.25, 0.3) is 0 Å². The molecular formula is C17H26N2O2. The molecule has 4 heteroatoms. The third kappa shape index (κ3) is 4.56. The van der Waals surface area contributed by atoms with Crippen molar-refractivity contribution in [1.82, 2.24) is 9.80 Å². The van der Waals surface area contributed by atoms with Gasteiger partial charge < -0.3 is 9.84 Å². The summed E-state index contributed by atoms with van der Waals surface area (Å²) in [5, 5.41) is 9.25. The summed E-state index contributed by atoms with van der Waals surface area (Å²) in [4.78, 5) is 4.87. The molecule has 1 heterocycles. The lowest BCUT2D eigenvalue weighted by atomic mass is 10.1. The predicted octanol–water partition coefficient (Wildman–Crippen LogP) is 1.75. The van der Waals surface area contributed by atoms with Gasteiger partial charge in [-0.25, -0.2) is 0 Å². The van der Waals surface area contributed by atoms with Crippen molar-refractivity contribution < 1.29 is 9.84 Å². The zero-order valence-corrected chi connectivity index (χ0v) is 12.9. The fraction of sp³-hybridized carbons (Fsp3) is 0.529. The van der Waals surface area contributed by atoms with E-state index in [9.17, 15) is 5.11 Å². The van der Waals surface area contributed by atoms with Crippen molar-refractivity contribution in [2.75, 3.05) is 39.9 Å². The van der Waals surface area contributed by atoms with Crippen LogP contribution in [0.4, 0.5) is 0 Å². The predicted molar refractivity (Wildman–Crippen MR) is 85.5 cm³/mol. The largest absolute Gasteiger partial charge is 0.497 e. The van der Waals surface area contributed by atoms with E-state index in [2.05, 4.69) is 28.5 Å². The minimum absolute atomic E-state index is 0.245. The van der Waals surface area contributed by atoms with E-state index in [1.807, 2.05) is 18.2 Å². The Hall–Kier alpha value is -1.36. The van der Waals surface area contributed by atoms with Crippen LogP contribution in [0.15, 0.2) is 36.9 Å². The number of ether oxygens (including phenoxy) is 1. The Balaban J connectivity index is 1.93. The Morgan fingerprint density at radius 2 is 2.10 bits per heavy atom. The second kappa shape index (κ2) is 8.17. The molecule has 116 valence electrons. The molecule has 1 aliphatic rings. The van der Waals surface area contributed by atoms with Crippen LogP contribution in [0.2, 0.25) is 0 Å². The van der Waals surface area contributed by atoms with E-state index >= 15 is 0 Å². The highest BCUT2D eigenvalue weighted by atomic mass is 16.5. The van der Waals surface area contributed by atoms with Crippen molar-refractivity contribution in [3.8, 4) is 5.75 Å². The van der Waals surface area contributed by atoms with Gasteiger partial charge in [0.05, 0.1) is 7.11 Å². The maximum atomic E-state index is 9.25. The minimum atomic E-state index is 0.245. The highest BCUT2D eigenvalue weighted by Crippen LogP contribution is 2.17. The summed E-state index contributed by atoms with van der Waals surface area (Å²) >= 11 is 0. The lowest BCUT2D eigenvalue weighted by Crippen LogP contribution is -2.52. The average molecular weight is 290 g/mol. The van der Waals surface area contributed by atoms with Gasteiger partial charge in [-0.1, -0.05) is 18.2 Å². The molecule has 1 saturated heterocycles. The Kier molecular flexibility index (Phi) is 6.23. The van der Waals surface area contributed by atoms with E-state index in [1.165, 1.54) is 5.56 Å². The molecule has 2 rings (SSSR count). The molecule has 0 saturated carbocycles. The van der Waals surface area contributed by atoms with Crippen molar-refractivity contribution in [1.29, 1.82) is 0 Å². The van der Waals surface area contributed by atoms with E-state index < -0.39 is 0 Å². The second-order valence-corrected chi connectivity index (χ2v) is 5.53. The van der Waals surface area contributed by atoms with Crippen molar-refractivity contribution >= 4 is 0 Å². The monoisotopic (exact) mass is 290 g/mol. The van der Waals surface area contributed by atoms with Crippen LogP contribution in [-0.4, -0.2) is 60.8 Å². The molecule has 0 spiro atoms. The molecule has 1 N–H and O–H groups in total. The number of benzene rings is 1. The van der Waals surface area contributed by atoms with Gasteiger partial charge in [0.1, 0.15) is 5.75 Å². The first-order valence-electron chi connectivity index (χ1n) is 7.58. The van der Waals surface area contributed by atoms with Crippen LogP contribution in [0, 0.1) is 0 Å². The van der Waals surface area contributed by atoms with Gasteiger partial charge in [0, 0.05) is 45.4 Å². The van der Waals surface area contributed by atoms with Crippen molar-refractivity contribution in [2.24, 2.45) is 0 Å². The number of nitrogens with zero attached hydrogens (tertiary/aromatic N) is 2. The molecule has 0 bridgehead atoms. The van der Waals surface area contributed by atoms with E-state index in [0.29, 0.717) is 6.04 Å². The lowest BCUT2D eigenvalue weighted by molar-refractivity contribution is 0.0638. The fourth-order valence-electron chi connectivity index (χ4n) is 2.92. The van der Waals surface area contributed by atoms with Crippen molar-refractivity contribution in [3.05, 3.63) is 42.5 Å². The number of rotatable bonds is 7.